The van der Waals surface area contributed by atoms with Crippen molar-refractivity contribution in [3.8, 4) is 0 Å². The van der Waals surface area contributed by atoms with Crippen molar-refractivity contribution in [1.82, 2.24) is 0 Å². The smallest absolute Gasteiger partial charge is 0.0861 e. The first kappa shape index (κ1) is 11.1. The number of nitrogens with two attached hydrogens (primary N) is 1. The second-order valence-electron chi connectivity index (χ2n) is 3.14. The average molecular weight is 260 g/mol. The van der Waals surface area contributed by atoms with Crippen molar-refractivity contribution >= 4 is 27.7 Å². The van der Waals surface area contributed by atoms with E-state index >= 15 is 0 Å². The van der Waals surface area contributed by atoms with Gasteiger partial charge in [-0.1, -0.05) is 41.9 Å². The summed E-state index contributed by atoms with van der Waals surface area (Å²) in [5, 5.41) is 0.628. The minimum atomic E-state index is -0.0504. The zero-order valence-electron chi connectivity index (χ0n) is 7.83. The molecule has 1 aromatic rings. The van der Waals surface area contributed by atoms with E-state index in [0.717, 1.165) is 5.56 Å². The Morgan fingerprint density at radius 3 is 2.15 bits per heavy atom. The Morgan fingerprint density at radius 1 is 1.23 bits per heavy atom. The van der Waals surface area contributed by atoms with Crippen molar-refractivity contribution < 1.29 is 0 Å². The molecule has 1 nitrogen and oxygen atoms in total. The molecule has 0 saturated heterocycles. The topological polar surface area (TPSA) is 26.0 Å². The highest BCUT2D eigenvalue weighted by molar-refractivity contribution is 9.09. The second kappa shape index (κ2) is 5.03. The lowest BCUT2D eigenvalue weighted by Gasteiger charge is -2.07. The SMILES string of the molecule is CC(C)Sc1ccc(C(N)Br)cc1. The maximum Gasteiger partial charge on any atom is 0.0861 e. The van der Waals surface area contributed by atoms with Gasteiger partial charge in [-0.3, -0.25) is 0 Å². The highest BCUT2D eigenvalue weighted by atomic mass is 79.9. The third-order valence-corrected chi connectivity index (χ3v) is 3.11. The van der Waals surface area contributed by atoms with Gasteiger partial charge in [-0.15, -0.1) is 11.8 Å². The number of halogens is 1. The molecule has 0 spiro atoms. The number of rotatable bonds is 3. The van der Waals surface area contributed by atoms with Crippen LogP contribution in [0.15, 0.2) is 29.2 Å². The molecule has 0 aromatic heterocycles. The molecule has 1 unspecified atom stereocenters. The molecule has 0 bridgehead atoms. The van der Waals surface area contributed by atoms with Crippen LogP contribution in [0.25, 0.3) is 0 Å². The Hall–Kier alpha value is 0.01000. The number of benzene rings is 1. The lowest BCUT2D eigenvalue weighted by atomic mass is 10.2. The lowest BCUT2D eigenvalue weighted by Crippen LogP contribution is -2.00. The number of hydrogen-bond donors (Lipinski definition) is 1. The molecule has 0 aliphatic heterocycles. The van der Waals surface area contributed by atoms with Gasteiger partial charge in [0.25, 0.3) is 0 Å². The number of alkyl halides is 1. The molecule has 1 aromatic carbocycles. The van der Waals surface area contributed by atoms with Crippen molar-refractivity contribution in [1.29, 1.82) is 0 Å². The predicted molar refractivity (Wildman–Crippen MR) is 63.3 cm³/mol. The van der Waals surface area contributed by atoms with Crippen LogP contribution < -0.4 is 5.73 Å². The Morgan fingerprint density at radius 2 is 1.77 bits per heavy atom. The van der Waals surface area contributed by atoms with Gasteiger partial charge in [0.05, 0.1) is 4.95 Å². The summed E-state index contributed by atoms with van der Waals surface area (Å²) >= 11 is 5.19. The van der Waals surface area contributed by atoms with Crippen LogP contribution in [0.5, 0.6) is 0 Å². The standard InChI is InChI=1S/C10H14BrNS/c1-7(2)13-9-5-3-8(4-6-9)10(11)12/h3-7,10H,12H2,1-2H3. The minimum absolute atomic E-state index is 0.0504. The van der Waals surface area contributed by atoms with Crippen LogP contribution in [0.3, 0.4) is 0 Å². The fraction of sp³-hybridized carbons (Fsp3) is 0.400. The molecular formula is C10H14BrNS. The molecule has 0 aliphatic rings. The first-order valence-corrected chi connectivity index (χ1v) is 6.05. The summed E-state index contributed by atoms with van der Waals surface area (Å²) in [5.74, 6) is 0. The van der Waals surface area contributed by atoms with Crippen molar-refractivity contribution in [2.45, 2.75) is 28.9 Å². The highest BCUT2D eigenvalue weighted by Gasteiger charge is 2.01. The summed E-state index contributed by atoms with van der Waals surface area (Å²) in [6.07, 6.45) is 0. The molecule has 0 aliphatic carbocycles. The van der Waals surface area contributed by atoms with Crippen LogP contribution in [0, 0.1) is 0 Å². The number of hydrogen-bond acceptors (Lipinski definition) is 2. The van der Waals surface area contributed by atoms with E-state index in [4.69, 9.17) is 5.73 Å². The van der Waals surface area contributed by atoms with Crippen LogP contribution in [0.4, 0.5) is 0 Å². The predicted octanol–water partition coefficient (Wildman–Crippen LogP) is 3.54. The van der Waals surface area contributed by atoms with Crippen molar-refractivity contribution in [3.05, 3.63) is 29.8 Å². The van der Waals surface area contributed by atoms with Gasteiger partial charge in [0.15, 0.2) is 0 Å². The molecule has 0 amide bonds. The average Bonchev–Trinajstić information content (AvgIpc) is 2.04. The monoisotopic (exact) mass is 259 g/mol. The van der Waals surface area contributed by atoms with Crippen molar-refractivity contribution in [2.24, 2.45) is 5.73 Å². The van der Waals surface area contributed by atoms with E-state index in [-0.39, 0.29) is 4.95 Å². The molecule has 0 saturated carbocycles. The first-order chi connectivity index (χ1) is 6.09. The van der Waals surface area contributed by atoms with E-state index in [0.29, 0.717) is 5.25 Å². The zero-order chi connectivity index (χ0) is 9.84. The summed E-state index contributed by atoms with van der Waals surface area (Å²) < 4.78 is 0. The van der Waals surface area contributed by atoms with Gasteiger partial charge in [0, 0.05) is 10.1 Å². The van der Waals surface area contributed by atoms with Gasteiger partial charge in [0.1, 0.15) is 0 Å². The fourth-order valence-corrected chi connectivity index (χ4v) is 2.15. The zero-order valence-corrected chi connectivity index (χ0v) is 10.2. The largest absolute Gasteiger partial charge is 0.315 e. The van der Waals surface area contributed by atoms with E-state index in [9.17, 15) is 0 Å². The summed E-state index contributed by atoms with van der Waals surface area (Å²) in [4.78, 5) is 1.25. The highest BCUT2D eigenvalue weighted by Crippen LogP contribution is 2.25. The number of thioether (sulfide) groups is 1. The third kappa shape index (κ3) is 3.71. The van der Waals surface area contributed by atoms with Crippen LogP contribution in [-0.4, -0.2) is 5.25 Å². The first-order valence-electron chi connectivity index (χ1n) is 4.26. The minimum Gasteiger partial charge on any atom is -0.315 e. The Labute approximate surface area is 92.2 Å². The second-order valence-corrected chi connectivity index (χ2v) is 5.77. The Bertz CT molecular complexity index is 256. The van der Waals surface area contributed by atoms with Gasteiger partial charge in [-0.25, -0.2) is 0 Å². The van der Waals surface area contributed by atoms with Gasteiger partial charge in [-0.2, -0.15) is 0 Å². The van der Waals surface area contributed by atoms with Gasteiger partial charge < -0.3 is 5.73 Å². The van der Waals surface area contributed by atoms with Crippen LogP contribution in [-0.2, 0) is 0 Å². The van der Waals surface area contributed by atoms with Crippen molar-refractivity contribution in [3.63, 3.8) is 0 Å². The molecule has 0 radical (unpaired) electrons. The van der Waals surface area contributed by atoms with Crippen LogP contribution in [0.1, 0.15) is 24.4 Å². The van der Waals surface area contributed by atoms with E-state index in [1.165, 1.54) is 4.90 Å². The molecule has 13 heavy (non-hydrogen) atoms. The van der Waals surface area contributed by atoms with Crippen LogP contribution in [0.2, 0.25) is 0 Å². The van der Waals surface area contributed by atoms with Crippen molar-refractivity contribution in [2.75, 3.05) is 0 Å². The Kier molecular flexibility index (Phi) is 4.29. The maximum atomic E-state index is 5.67. The normalized spacial score (nSPS) is 13.3. The molecule has 3 heteroatoms. The summed E-state index contributed by atoms with van der Waals surface area (Å²) in [6, 6.07) is 8.34. The van der Waals surface area contributed by atoms with Gasteiger partial charge >= 0.3 is 0 Å². The van der Waals surface area contributed by atoms with Crippen LogP contribution >= 0.6 is 27.7 Å². The van der Waals surface area contributed by atoms with Gasteiger partial charge in [0.2, 0.25) is 0 Å². The molecule has 72 valence electrons. The van der Waals surface area contributed by atoms with E-state index in [2.05, 4.69) is 54.0 Å². The maximum absolute atomic E-state index is 5.67. The quantitative estimate of drug-likeness (QED) is 0.511. The Balaban J connectivity index is 2.70. The lowest BCUT2D eigenvalue weighted by molar-refractivity contribution is 1.05. The van der Waals surface area contributed by atoms with E-state index < -0.39 is 0 Å². The third-order valence-electron chi connectivity index (χ3n) is 1.57. The van der Waals surface area contributed by atoms with E-state index in [1.807, 2.05) is 11.8 Å². The molecule has 1 rings (SSSR count). The summed E-state index contributed by atoms with van der Waals surface area (Å²) in [7, 11) is 0. The molecule has 2 N–H and O–H groups in total. The van der Waals surface area contributed by atoms with Gasteiger partial charge in [-0.05, 0) is 17.7 Å². The molecular weight excluding hydrogens is 246 g/mol. The van der Waals surface area contributed by atoms with E-state index in [1.54, 1.807) is 0 Å². The summed E-state index contributed by atoms with van der Waals surface area (Å²) in [5.41, 5.74) is 6.79. The molecule has 1 atom stereocenters. The summed E-state index contributed by atoms with van der Waals surface area (Å²) in [6.45, 7) is 4.38. The molecule has 0 fully saturated rings. The fourth-order valence-electron chi connectivity index (χ4n) is 1.00. The molecule has 0 heterocycles.